The zero-order chi connectivity index (χ0) is 38.4. The van der Waals surface area contributed by atoms with Crippen molar-refractivity contribution in [2.24, 2.45) is 0 Å². The van der Waals surface area contributed by atoms with E-state index in [0.717, 1.165) is 61.7 Å². The summed E-state index contributed by atoms with van der Waals surface area (Å²) in [5.41, 5.74) is 13.9. The average molecular weight is 742 g/mol. The normalized spacial score (nSPS) is 12.3. The van der Waals surface area contributed by atoms with E-state index in [4.69, 9.17) is 19.4 Å². The predicted molar refractivity (Wildman–Crippen MR) is 240 cm³/mol. The van der Waals surface area contributed by atoms with Crippen molar-refractivity contribution < 1.29 is 4.42 Å². The highest BCUT2D eigenvalue weighted by Crippen LogP contribution is 2.44. The molecule has 4 heteroatoms. The van der Waals surface area contributed by atoms with E-state index in [0.29, 0.717) is 17.5 Å². The summed E-state index contributed by atoms with van der Waals surface area (Å²) in [5.74, 6) is 1.84. The first-order valence-corrected chi connectivity index (χ1v) is 19.7. The Balaban J connectivity index is 1.09. The van der Waals surface area contributed by atoms with Gasteiger partial charge in [0.1, 0.15) is 11.2 Å². The molecule has 272 valence electrons. The molecule has 1 aliphatic rings. The Morgan fingerprint density at radius 3 is 1.66 bits per heavy atom. The van der Waals surface area contributed by atoms with Crippen LogP contribution in [0.4, 0.5) is 0 Å². The third-order valence-corrected chi connectivity index (χ3v) is 11.2. The lowest BCUT2D eigenvalue weighted by Crippen LogP contribution is -2.00. The molecule has 2 heterocycles. The van der Waals surface area contributed by atoms with Crippen LogP contribution in [0.2, 0.25) is 0 Å². The molecule has 0 unspecified atom stereocenters. The van der Waals surface area contributed by atoms with Gasteiger partial charge >= 0.3 is 0 Å². The smallest absolute Gasteiger partial charge is 0.164 e. The van der Waals surface area contributed by atoms with Gasteiger partial charge in [-0.25, -0.2) is 15.0 Å². The maximum Gasteiger partial charge on any atom is 0.164 e. The minimum Gasteiger partial charge on any atom is -0.456 e. The topological polar surface area (TPSA) is 51.8 Å². The molecule has 0 fully saturated rings. The number of hydrogen-bond acceptors (Lipinski definition) is 4. The predicted octanol–water partition coefficient (Wildman–Crippen LogP) is 14.4. The number of fused-ring (bicyclic) bond motifs is 6. The second-order valence-electron chi connectivity index (χ2n) is 14.6. The highest BCUT2D eigenvalue weighted by atomic mass is 16.3. The van der Waals surface area contributed by atoms with Crippen molar-refractivity contribution in [3.05, 3.63) is 199 Å². The summed E-state index contributed by atoms with van der Waals surface area (Å²) in [7, 11) is 0. The molecule has 0 N–H and O–H groups in total. The molecule has 0 saturated heterocycles. The maximum atomic E-state index is 6.54. The Labute approximate surface area is 336 Å². The fraction of sp³-hybridized carbons (Fsp3) is 0.0185. The van der Waals surface area contributed by atoms with Crippen molar-refractivity contribution in [3.63, 3.8) is 0 Å². The highest BCUT2D eigenvalue weighted by molar-refractivity contribution is 6.13. The van der Waals surface area contributed by atoms with Gasteiger partial charge in [0, 0.05) is 27.5 Å². The Morgan fingerprint density at radius 1 is 0.362 bits per heavy atom. The van der Waals surface area contributed by atoms with E-state index in [1.807, 2.05) is 72.8 Å². The fourth-order valence-electron chi connectivity index (χ4n) is 8.46. The van der Waals surface area contributed by atoms with Crippen molar-refractivity contribution >= 4 is 44.9 Å². The molecule has 0 radical (unpaired) electrons. The van der Waals surface area contributed by atoms with Crippen LogP contribution in [0.5, 0.6) is 0 Å². The van der Waals surface area contributed by atoms with Crippen LogP contribution in [-0.2, 0) is 0 Å². The number of benzene rings is 8. The molecule has 10 aromatic rings. The van der Waals surface area contributed by atoms with E-state index in [9.17, 15) is 0 Å². The van der Waals surface area contributed by atoms with Gasteiger partial charge in [0.05, 0.1) is 0 Å². The van der Waals surface area contributed by atoms with E-state index in [2.05, 4.69) is 127 Å². The molecular weight excluding hydrogens is 707 g/mol. The zero-order valence-corrected chi connectivity index (χ0v) is 31.5. The Morgan fingerprint density at radius 2 is 0.931 bits per heavy atom. The summed E-state index contributed by atoms with van der Waals surface area (Å²) in [6.07, 6.45) is 10.0. The van der Waals surface area contributed by atoms with E-state index in [1.165, 1.54) is 38.6 Å². The SMILES string of the molecule is C1=Cc2c(-c3ccccc3-c3ccccc3-c3ccc4oc5cccc(-c6nc(-c7ccccc7)nc(-c7ccccc7)n6)c5c4c3)cc3ccccc3c2C=CC1. The molecule has 0 amide bonds. The number of rotatable bonds is 6. The molecule has 4 nitrogen and oxygen atoms in total. The Bertz CT molecular complexity index is 3190. The number of hydrogen-bond donors (Lipinski definition) is 0. The summed E-state index contributed by atoms with van der Waals surface area (Å²) in [4.78, 5) is 15.1. The summed E-state index contributed by atoms with van der Waals surface area (Å²) < 4.78 is 6.54. The largest absolute Gasteiger partial charge is 0.456 e. The van der Waals surface area contributed by atoms with Gasteiger partial charge < -0.3 is 4.42 Å². The molecule has 8 aromatic carbocycles. The van der Waals surface area contributed by atoms with Crippen molar-refractivity contribution in [2.45, 2.75) is 6.42 Å². The van der Waals surface area contributed by atoms with Crippen molar-refractivity contribution in [3.8, 4) is 67.5 Å². The zero-order valence-electron chi connectivity index (χ0n) is 31.5. The molecule has 0 aliphatic heterocycles. The van der Waals surface area contributed by atoms with Gasteiger partial charge in [0.15, 0.2) is 17.5 Å². The molecule has 2 aromatic heterocycles. The van der Waals surface area contributed by atoms with Crippen molar-refractivity contribution in [1.29, 1.82) is 0 Å². The van der Waals surface area contributed by atoms with Gasteiger partial charge in [-0.05, 0) is 86.0 Å². The lowest BCUT2D eigenvalue weighted by Gasteiger charge is -2.18. The average Bonchev–Trinajstić information content (AvgIpc) is 3.49. The maximum absolute atomic E-state index is 6.54. The van der Waals surface area contributed by atoms with Crippen LogP contribution in [0.3, 0.4) is 0 Å². The molecule has 0 atom stereocenters. The van der Waals surface area contributed by atoms with Gasteiger partial charge in [-0.1, -0.05) is 176 Å². The lowest BCUT2D eigenvalue weighted by molar-refractivity contribution is 0.669. The highest BCUT2D eigenvalue weighted by Gasteiger charge is 2.21. The van der Waals surface area contributed by atoms with Crippen LogP contribution in [0, 0.1) is 0 Å². The third kappa shape index (κ3) is 5.82. The minimum atomic E-state index is 0.596. The van der Waals surface area contributed by atoms with E-state index >= 15 is 0 Å². The minimum absolute atomic E-state index is 0.596. The lowest BCUT2D eigenvalue weighted by atomic mass is 9.85. The van der Waals surface area contributed by atoms with Crippen LogP contribution >= 0.6 is 0 Å². The molecule has 0 bridgehead atoms. The molecule has 11 rings (SSSR count). The number of nitrogens with zero attached hydrogens (tertiary/aromatic N) is 3. The van der Waals surface area contributed by atoms with Gasteiger partial charge in [0.25, 0.3) is 0 Å². The molecule has 0 spiro atoms. The van der Waals surface area contributed by atoms with E-state index in [1.54, 1.807) is 0 Å². The van der Waals surface area contributed by atoms with Gasteiger partial charge in [-0.2, -0.15) is 0 Å². The summed E-state index contributed by atoms with van der Waals surface area (Å²) in [5, 5.41) is 4.48. The Kier molecular flexibility index (Phi) is 8.18. The molecule has 0 saturated carbocycles. The van der Waals surface area contributed by atoms with Gasteiger partial charge in [-0.3, -0.25) is 0 Å². The second kappa shape index (κ2) is 14.1. The quantitative estimate of drug-likeness (QED) is 0.170. The van der Waals surface area contributed by atoms with Crippen molar-refractivity contribution in [2.75, 3.05) is 0 Å². The number of furan rings is 1. The first kappa shape index (κ1) is 33.6. The fourth-order valence-corrected chi connectivity index (χ4v) is 8.46. The van der Waals surface area contributed by atoms with Crippen LogP contribution < -0.4 is 0 Å². The van der Waals surface area contributed by atoms with Crippen LogP contribution in [0.15, 0.2) is 192 Å². The third-order valence-electron chi connectivity index (χ3n) is 11.2. The van der Waals surface area contributed by atoms with Gasteiger partial charge in [-0.15, -0.1) is 0 Å². The first-order valence-electron chi connectivity index (χ1n) is 19.7. The summed E-state index contributed by atoms with van der Waals surface area (Å²) in [6.45, 7) is 0. The van der Waals surface area contributed by atoms with E-state index < -0.39 is 0 Å². The van der Waals surface area contributed by atoms with Crippen LogP contribution in [-0.4, -0.2) is 15.0 Å². The van der Waals surface area contributed by atoms with Crippen molar-refractivity contribution in [1.82, 2.24) is 15.0 Å². The van der Waals surface area contributed by atoms with Crippen LogP contribution in [0.25, 0.3) is 112 Å². The van der Waals surface area contributed by atoms with Gasteiger partial charge in [0.2, 0.25) is 0 Å². The molecular formula is C54H35N3O. The Hall–Kier alpha value is -7.69. The molecule has 58 heavy (non-hydrogen) atoms. The first-order chi connectivity index (χ1) is 28.8. The monoisotopic (exact) mass is 741 g/mol. The number of allylic oxidation sites excluding steroid dienone is 2. The second-order valence-corrected chi connectivity index (χ2v) is 14.6. The summed E-state index contributed by atoms with van der Waals surface area (Å²) in [6, 6.07) is 61.5. The summed E-state index contributed by atoms with van der Waals surface area (Å²) >= 11 is 0. The van der Waals surface area contributed by atoms with Crippen LogP contribution in [0.1, 0.15) is 17.5 Å². The standard InChI is InChI=1S/C54H35N3O/c1-4-17-35(18-5-1)52-55-53(36-19-6-2-7-20-36)57-54(56-52)46-29-16-30-50-51(46)48-34-38(31-32-49(48)58-50)40-23-12-13-26-41(40)43-27-14-15-28-45(43)47-33-37-21-10-11-22-39(37)42-24-8-3-9-25-44(42)47/h1-2,4-34H,3H2. The van der Waals surface area contributed by atoms with E-state index in [-0.39, 0.29) is 0 Å². The number of aromatic nitrogens is 3. The molecule has 1 aliphatic carbocycles.